The lowest BCUT2D eigenvalue weighted by Crippen LogP contribution is -2.13. The molecule has 2 aromatic rings. The van der Waals surface area contributed by atoms with Crippen molar-refractivity contribution < 1.29 is 4.74 Å². The van der Waals surface area contributed by atoms with Gasteiger partial charge >= 0.3 is 0 Å². The minimum atomic E-state index is 0.274. The van der Waals surface area contributed by atoms with E-state index in [0.29, 0.717) is 0 Å². The molecule has 4 heteroatoms. The van der Waals surface area contributed by atoms with E-state index in [1.54, 1.807) is 18.9 Å². The molecule has 1 aromatic heterocycles. The summed E-state index contributed by atoms with van der Waals surface area (Å²) in [5.41, 5.74) is 1.05. The second-order valence-corrected chi connectivity index (χ2v) is 5.36. The smallest absolute Gasteiger partial charge is 0.119 e. The fourth-order valence-electron chi connectivity index (χ4n) is 1.66. The van der Waals surface area contributed by atoms with Gasteiger partial charge in [0.05, 0.1) is 12.8 Å². The lowest BCUT2D eigenvalue weighted by atomic mass is 10.2. The van der Waals surface area contributed by atoms with E-state index < -0.39 is 0 Å². The van der Waals surface area contributed by atoms with Crippen molar-refractivity contribution in [3.8, 4) is 5.75 Å². The van der Waals surface area contributed by atoms with Crippen molar-refractivity contribution in [1.82, 2.24) is 10.3 Å². The standard InChI is InChI=1S/C15H18N2OS/c1-11(16-2)15-8-7-14(10-17-15)19-13-6-4-5-12(9-13)18-3/h4-11,16H,1-3H3. The number of nitrogens with one attached hydrogen (secondary N) is 1. The van der Waals surface area contributed by atoms with Gasteiger partial charge in [-0.05, 0) is 44.3 Å². The molecule has 0 amide bonds. The van der Waals surface area contributed by atoms with Crippen LogP contribution in [0.1, 0.15) is 18.7 Å². The molecule has 0 radical (unpaired) electrons. The molecule has 0 fully saturated rings. The van der Waals surface area contributed by atoms with Gasteiger partial charge in [-0.1, -0.05) is 17.8 Å². The van der Waals surface area contributed by atoms with Crippen LogP contribution < -0.4 is 10.1 Å². The first-order valence-electron chi connectivity index (χ1n) is 6.18. The van der Waals surface area contributed by atoms with Crippen molar-refractivity contribution in [2.45, 2.75) is 22.8 Å². The number of rotatable bonds is 5. The molecule has 0 aliphatic carbocycles. The Balaban J connectivity index is 2.10. The highest BCUT2D eigenvalue weighted by Gasteiger charge is 2.04. The van der Waals surface area contributed by atoms with Crippen molar-refractivity contribution in [2.75, 3.05) is 14.2 Å². The van der Waals surface area contributed by atoms with E-state index in [1.807, 2.05) is 31.4 Å². The van der Waals surface area contributed by atoms with Crippen molar-refractivity contribution in [3.05, 3.63) is 48.3 Å². The molecule has 0 aliphatic heterocycles. The lowest BCUT2D eigenvalue weighted by molar-refractivity contribution is 0.413. The first kappa shape index (κ1) is 13.9. The molecule has 3 nitrogen and oxygen atoms in total. The second kappa shape index (κ2) is 6.59. The number of nitrogens with zero attached hydrogens (tertiary/aromatic N) is 1. The van der Waals surface area contributed by atoms with Crippen LogP contribution in [0.4, 0.5) is 0 Å². The summed E-state index contributed by atoms with van der Waals surface area (Å²) in [6, 6.07) is 12.5. The van der Waals surface area contributed by atoms with Gasteiger partial charge in [0.25, 0.3) is 0 Å². The highest BCUT2D eigenvalue weighted by atomic mass is 32.2. The van der Waals surface area contributed by atoms with Crippen LogP contribution in [0, 0.1) is 0 Å². The van der Waals surface area contributed by atoms with E-state index in [9.17, 15) is 0 Å². The average Bonchev–Trinajstić information content (AvgIpc) is 2.47. The van der Waals surface area contributed by atoms with Gasteiger partial charge in [-0.2, -0.15) is 0 Å². The normalized spacial score (nSPS) is 12.2. The third kappa shape index (κ3) is 3.72. The van der Waals surface area contributed by atoms with E-state index >= 15 is 0 Å². The Kier molecular flexibility index (Phi) is 4.82. The average molecular weight is 274 g/mol. The van der Waals surface area contributed by atoms with Crippen LogP contribution in [-0.4, -0.2) is 19.1 Å². The first-order valence-corrected chi connectivity index (χ1v) is 6.99. The van der Waals surface area contributed by atoms with Gasteiger partial charge in [0.1, 0.15) is 5.75 Å². The molecular formula is C15H18N2OS. The summed E-state index contributed by atoms with van der Waals surface area (Å²) < 4.78 is 5.22. The topological polar surface area (TPSA) is 34.1 Å². The van der Waals surface area contributed by atoms with E-state index in [-0.39, 0.29) is 6.04 Å². The fourth-order valence-corrected chi connectivity index (χ4v) is 2.49. The molecule has 2 rings (SSSR count). The quantitative estimate of drug-likeness (QED) is 0.904. The zero-order valence-corrected chi connectivity index (χ0v) is 12.2. The minimum absolute atomic E-state index is 0.274. The van der Waals surface area contributed by atoms with Crippen LogP contribution >= 0.6 is 11.8 Å². The summed E-state index contributed by atoms with van der Waals surface area (Å²) >= 11 is 1.68. The number of methoxy groups -OCH3 is 1. The highest BCUT2D eigenvalue weighted by molar-refractivity contribution is 7.99. The van der Waals surface area contributed by atoms with Crippen LogP contribution in [-0.2, 0) is 0 Å². The third-order valence-electron chi connectivity index (χ3n) is 2.91. The second-order valence-electron chi connectivity index (χ2n) is 4.21. The summed E-state index contributed by atoms with van der Waals surface area (Å²) in [6.45, 7) is 2.09. The molecule has 1 unspecified atom stereocenters. The van der Waals surface area contributed by atoms with Crippen molar-refractivity contribution in [1.29, 1.82) is 0 Å². The predicted molar refractivity (Wildman–Crippen MR) is 78.8 cm³/mol. The van der Waals surface area contributed by atoms with Crippen LogP contribution in [0.15, 0.2) is 52.4 Å². The van der Waals surface area contributed by atoms with Crippen molar-refractivity contribution in [2.24, 2.45) is 0 Å². The molecule has 0 saturated heterocycles. The molecule has 0 saturated carbocycles. The van der Waals surface area contributed by atoms with Gasteiger partial charge < -0.3 is 10.1 Å². The summed E-state index contributed by atoms with van der Waals surface area (Å²) in [5.74, 6) is 0.874. The highest BCUT2D eigenvalue weighted by Crippen LogP contribution is 2.29. The van der Waals surface area contributed by atoms with Gasteiger partial charge in [-0.3, -0.25) is 4.98 Å². The first-order chi connectivity index (χ1) is 9.22. The van der Waals surface area contributed by atoms with Crippen molar-refractivity contribution in [3.63, 3.8) is 0 Å². The number of aromatic nitrogens is 1. The predicted octanol–water partition coefficient (Wildman–Crippen LogP) is 3.52. The largest absolute Gasteiger partial charge is 0.497 e. The number of pyridine rings is 1. The van der Waals surface area contributed by atoms with E-state index in [0.717, 1.165) is 21.2 Å². The Morgan fingerprint density at radius 1 is 1.21 bits per heavy atom. The SMILES string of the molecule is CNC(C)c1ccc(Sc2cccc(OC)c2)cn1. The summed E-state index contributed by atoms with van der Waals surface area (Å²) in [4.78, 5) is 6.75. The Bertz CT molecular complexity index is 528. The Morgan fingerprint density at radius 2 is 2.05 bits per heavy atom. The Labute approximate surface area is 118 Å². The molecule has 0 bridgehead atoms. The van der Waals surface area contributed by atoms with Crippen molar-refractivity contribution >= 4 is 11.8 Å². The van der Waals surface area contributed by atoms with Crippen LogP contribution in [0.2, 0.25) is 0 Å². The molecule has 0 spiro atoms. The molecule has 19 heavy (non-hydrogen) atoms. The maximum atomic E-state index is 5.22. The molecule has 1 N–H and O–H groups in total. The zero-order valence-electron chi connectivity index (χ0n) is 11.4. The maximum absolute atomic E-state index is 5.22. The van der Waals surface area contributed by atoms with E-state index in [2.05, 4.69) is 35.4 Å². The molecular weight excluding hydrogens is 256 g/mol. The molecule has 1 heterocycles. The lowest BCUT2D eigenvalue weighted by Gasteiger charge is -2.10. The zero-order chi connectivity index (χ0) is 13.7. The summed E-state index contributed by atoms with van der Waals surface area (Å²) in [5, 5.41) is 3.18. The van der Waals surface area contributed by atoms with E-state index in [4.69, 9.17) is 4.74 Å². The number of hydrogen-bond acceptors (Lipinski definition) is 4. The van der Waals surface area contributed by atoms with Crippen LogP contribution in [0.3, 0.4) is 0 Å². The Hall–Kier alpha value is -1.52. The summed E-state index contributed by atoms with van der Waals surface area (Å²) in [6.07, 6.45) is 1.91. The molecule has 100 valence electrons. The fraction of sp³-hybridized carbons (Fsp3) is 0.267. The molecule has 0 aliphatic rings. The van der Waals surface area contributed by atoms with Crippen LogP contribution in [0.5, 0.6) is 5.75 Å². The molecule has 1 atom stereocenters. The monoisotopic (exact) mass is 274 g/mol. The van der Waals surface area contributed by atoms with E-state index in [1.165, 1.54) is 0 Å². The number of hydrogen-bond donors (Lipinski definition) is 1. The Morgan fingerprint density at radius 3 is 2.68 bits per heavy atom. The van der Waals surface area contributed by atoms with Gasteiger partial charge in [-0.25, -0.2) is 0 Å². The van der Waals surface area contributed by atoms with Gasteiger partial charge in [0.15, 0.2) is 0 Å². The van der Waals surface area contributed by atoms with Gasteiger partial charge in [-0.15, -0.1) is 0 Å². The van der Waals surface area contributed by atoms with Gasteiger partial charge in [0.2, 0.25) is 0 Å². The number of ether oxygens (including phenoxy) is 1. The van der Waals surface area contributed by atoms with Crippen LogP contribution in [0.25, 0.3) is 0 Å². The minimum Gasteiger partial charge on any atom is -0.497 e. The van der Waals surface area contributed by atoms with Gasteiger partial charge in [0, 0.05) is 22.0 Å². The molecule has 1 aromatic carbocycles. The maximum Gasteiger partial charge on any atom is 0.119 e. The summed E-state index contributed by atoms with van der Waals surface area (Å²) in [7, 11) is 3.62. The number of benzene rings is 1. The third-order valence-corrected chi connectivity index (χ3v) is 3.88.